The maximum Gasteiger partial charge on any atom is 0.469 e. The second kappa shape index (κ2) is 6.42. The molecule has 0 bridgehead atoms. The number of aliphatic hydroxyl groups excluding tert-OH is 1. The van der Waals surface area contributed by atoms with Gasteiger partial charge in [-0.05, 0) is 0 Å². The first-order chi connectivity index (χ1) is 10.2. The van der Waals surface area contributed by atoms with Gasteiger partial charge in [-0.1, -0.05) is 0 Å². The van der Waals surface area contributed by atoms with Crippen LogP contribution < -0.4 is 11.2 Å². The van der Waals surface area contributed by atoms with Crippen LogP contribution in [0.4, 0.5) is 0 Å². The van der Waals surface area contributed by atoms with Crippen molar-refractivity contribution in [3.05, 3.63) is 33.1 Å². The third-order valence-electron chi connectivity index (χ3n) is 3.12. The van der Waals surface area contributed by atoms with Crippen molar-refractivity contribution in [2.45, 2.75) is 24.5 Å². The number of rotatable bonds is 5. The highest BCUT2D eigenvalue weighted by Gasteiger charge is 2.46. The molecule has 22 heavy (non-hydrogen) atoms. The molecule has 1 fully saturated rings. The van der Waals surface area contributed by atoms with Gasteiger partial charge in [0.1, 0.15) is 18.3 Å². The molecule has 2 rings (SSSR count). The molecule has 1 aliphatic heterocycles. The van der Waals surface area contributed by atoms with Crippen molar-refractivity contribution in [2.24, 2.45) is 0 Å². The molecular formula is C10H15N2O9P. The Kier molecular flexibility index (Phi) is 4.97. The van der Waals surface area contributed by atoms with E-state index in [0.29, 0.717) is 0 Å². The van der Waals surface area contributed by atoms with Gasteiger partial charge in [0.05, 0.1) is 6.61 Å². The summed E-state index contributed by atoms with van der Waals surface area (Å²) >= 11 is 0. The minimum atomic E-state index is -4.73. The van der Waals surface area contributed by atoms with Crippen molar-refractivity contribution in [2.75, 3.05) is 13.7 Å². The summed E-state index contributed by atoms with van der Waals surface area (Å²) in [6.45, 7) is -0.597. The zero-order valence-electron chi connectivity index (χ0n) is 11.4. The molecule has 1 aromatic rings. The van der Waals surface area contributed by atoms with E-state index in [0.717, 1.165) is 16.8 Å². The Hall–Kier alpha value is -1.33. The summed E-state index contributed by atoms with van der Waals surface area (Å²) < 4.78 is 26.4. The smallest absolute Gasteiger partial charge is 0.387 e. The molecule has 1 saturated heterocycles. The normalized spacial score (nSPS) is 28.9. The number of aromatic nitrogens is 2. The number of nitrogens with zero attached hydrogens (tertiary/aromatic N) is 1. The maximum absolute atomic E-state index is 11.8. The van der Waals surface area contributed by atoms with Crippen molar-refractivity contribution >= 4 is 7.82 Å². The second-order valence-electron chi connectivity index (χ2n) is 4.56. The van der Waals surface area contributed by atoms with Crippen molar-refractivity contribution in [1.29, 1.82) is 0 Å². The molecule has 4 atom stereocenters. The molecule has 11 nitrogen and oxygen atoms in total. The Morgan fingerprint density at radius 3 is 2.68 bits per heavy atom. The predicted molar refractivity (Wildman–Crippen MR) is 70.0 cm³/mol. The maximum atomic E-state index is 11.8. The van der Waals surface area contributed by atoms with Gasteiger partial charge in [-0.3, -0.25) is 18.9 Å². The Bertz CT molecular complexity index is 679. The van der Waals surface area contributed by atoms with Gasteiger partial charge >= 0.3 is 13.5 Å². The molecule has 1 aromatic heterocycles. The van der Waals surface area contributed by atoms with E-state index in [4.69, 9.17) is 19.3 Å². The fourth-order valence-electron chi connectivity index (χ4n) is 2.13. The van der Waals surface area contributed by atoms with Crippen LogP contribution in [0.25, 0.3) is 0 Å². The highest BCUT2D eigenvalue weighted by molar-refractivity contribution is 7.46. The lowest BCUT2D eigenvalue weighted by Gasteiger charge is -2.19. The number of aromatic amines is 1. The van der Waals surface area contributed by atoms with E-state index in [1.165, 1.54) is 7.11 Å². The summed E-state index contributed by atoms with van der Waals surface area (Å²) in [7, 11) is -3.46. The zero-order chi connectivity index (χ0) is 16.5. The van der Waals surface area contributed by atoms with Gasteiger partial charge in [0, 0.05) is 19.4 Å². The summed E-state index contributed by atoms with van der Waals surface area (Å²) in [5, 5.41) is 10.1. The lowest BCUT2D eigenvalue weighted by molar-refractivity contribution is -0.0620. The number of H-pyrrole nitrogens is 1. The van der Waals surface area contributed by atoms with Crippen molar-refractivity contribution in [3.63, 3.8) is 0 Å². The summed E-state index contributed by atoms with van der Waals surface area (Å²) in [6.07, 6.45) is -3.33. The van der Waals surface area contributed by atoms with Crippen LogP contribution in [0.3, 0.4) is 0 Å². The third kappa shape index (κ3) is 3.70. The molecular weight excluding hydrogens is 323 g/mol. The molecule has 0 aliphatic carbocycles. The zero-order valence-corrected chi connectivity index (χ0v) is 12.3. The SMILES string of the molecule is COC1C(O)[C@H](COP(=O)(O)O)O[C@@H]1n1ccc(=O)[nH]c1=O. The number of hydrogen-bond donors (Lipinski definition) is 4. The van der Waals surface area contributed by atoms with Crippen molar-refractivity contribution in [1.82, 2.24) is 9.55 Å². The number of methoxy groups -OCH3 is 1. The topological polar surface area (TPSA) is 160 Å². The quantitative estimate of drug-likeness (QED) is 0.442. The number of phosphoric acid groups is 1. The van der Waals surface area contributed by atoms with Crippen LogP contribution in [0.15, 0.2) is 21.9 Å². The number of ether oxygens (including phenoxy) is 2. The largest absolute Gasteiger partial charge is 0.469 e. The standard InChI is InChI=1S/C10H15N2O9P/c1-19-8-7(14)5(4-20-22(16,17)18)21-9(8)12-3-2-6(13)11-10(12)15/h2-3,5,7-9,14H,4H2,1H3,(H,11,13,15)(H2,16,17,18)/t5-,7?,8?,9-/m0/s1. The van der Waals surface area contributed by atoms with Crippen molar-refractivity contribution < 1.29 is 33.5 Å². The van der Waals surface area contributed by atoms with Gasteiger partial charge in [0.2, 0.25) is 0 Å². The average molecular weight is 338 g/mol. The first-order valence-corrected chi connectivity index (χ1v) is 7.64. The van der Waals surface area contributed by atoms with Crippen LogP contribution in [0, 0.1) is 0 Å². The molecule has 0 radical (unpaired) electrons. The van der Waals surface area contributed by atoms with Crippen LogP contribution in [-0.2, 0) is 18.6 Å². The Balaban J connectivity index is 2.23. The fraction of sp³-hybridized carbons (Fsp3) is 0.600. The van der Waals surface area contributed by atoms with E-state index < -0.39 is 50.2 Å². The van der Waals surface area contributed by atoms with E-state index in [1.54, 1.807) is 0 Å². The molecule has 1 aliphatic rings. The molecule has 2 heterocycles. The molecule has 0 saturated carbocycles. The highest BCUT2D eigenvalue weighted by Crippen LogP contribution is 2.38. The number of phosphoric ester groups is 1. The fourth-order valence-corrected chi connectivity index (χ4v) is 2.47. The van der Waals surface area contributed by atoms with Gasteiger partial charge in [0.25, 0.3) is 5.56 Å². The summed E-state index contributed by atoms with van der Waals surface area (Å²) in [6, 6.07) is 1.09. The third-order valence-corrected chi connectivity index (χ3v) is 3.60. The van der Waals surface area contributed by atoms with E-state index in [2.05, 4.69) is 4.52 Å². The number of nitrogens with one attached hydrogen (secondary N) is 1. The van der Waals surface area contributed by atoms with Gasteiger partial charge < -0.3 is 24.4 Å². The number of aliphatic hydroxyl groups is 1. The minimum Gasteiger partial charge on any atom is -0.387 e. The Labute approximate surface area is 123 Å². The average Bonchev–Trinajstić information content (AvgIpc) is 2.72. The summed E-state index contributed by atoms with van der Waals surface area (Å²) in [4.78, 5) is 42.2. The van der Waals surface area contributed by atoms with Gasteiger partial charge in [-0.15, -0.1) is 0 Å². The second-order valence-corrected chi connectivity index (χ2v) is 5.80. The van der Waals surface area contributed by atoms with Gasteiger partial charge in [-0.25, -0.2) is 9.36 Å². The summed E-state index contributed by atoms with van der Waals surface area (Å²) in [5.41, 5.74) is -1.38. The van der Waals surface area contributed by atoms with Crippen LogP contribution in [0.1, 0.15) is 6.23 Å². The molecule has 2 unspecified atom stereocenters. The van der Waals surface area contributed by atoms with E-state index in [1.807, 2.05) is 4.98 Å². The van der Waals surface area contributed by atoms with Crippen molar-refractivity contribution in [3.8, 4) is 0 Å². The molecule has 0 aromatic carbocycles. The molecule has 124 valence electrons. The van der Waals surface area contributed by atoms with Crippen LogP contribution in [0.2, 0.25) is 0 Å². The predicted octanol–water partition coefficient (Wildman–Crippen LogP) is -2.08. The Morgan fingerprint density at radius 2 is 2.14 bits per heavy atom. The minimum absolute atomic E-state index is 0.597. The van der Waals surface area contributed by atoms with Gasteiger partial charge in [0.15, 0.2) is 6.23 Å². The van der Waals surface area contributed by atoms with Crippen LogP contribution in [0.5, 0.6) is 0 Å². The van der Waals surface area contributed by atoms with Crippen LogP contribution >= 0.6 is 7.82 Å². The summed E-state index contributed by atoms with van der Waals surface area (Å²) in [5.74, 6) is 0. The number of hydrogen-bond acceptors (Lipinski definition) is 7. The highest BCUT2D eigenvalue weighted by atomic mass is 31.2. The molecule has 0 amide bonds. The Morgan fingerprint density at radius 1 is 1.45 bits per heavy atom. The molecule has 12 heteroatoms. The molecule has 4 N–H and O–H groups in total. The van der Waals surface area contributed by atoms with Gasteiger partial charge in [-0.2, -0.15) is 0 Å². The van der Waals surface area contributed by atoms with Crippen LogP contribution in [-0.4, -0.2) is 56.5 Å². The first-order valence-electron chi connectivity index (χ1n) is 6.11. The monoisotopic (exact) mass is 338 g/mol. The van der Waals surface area contributed by atoms with E-state index >= 15 is 0 Å². The van der Waals surface area contributed by atoms with E-state index in [-0.39, 0.29) is 0 Å². The first kappa shape index (κ1) is 17.0. The lowest BCUT2D eigenvalue weighted by Crippen LogP contribution is -2.38. The molecule has 0 spiro atoms. The lowest BCUT2D eigenvalue weighted by atomic mass is 10.1. The van der Waals surface area contributed by atoms with E-state index in [9.17, 15) is 19.3 Å².